The fraction of sp³-hybridized carbons (Fsp3) is 0.235. The standard InChI is InChI=1S/C17H16ClFN2O2S/c1-2-9-21-20-17(12-4-7-15(19)8-5-12)16-10-14(18)6-3-13(16)11-24(21,22)23/h3-8,10H,2,9,11H2,1H3. The van der Waals surface area contributed by atoms with E-state index in [-0.39, 0.29) is 18.1 Å². The van der Waals surface area contributed by atoms with Crippen LogP contribution in [-0.2, 0) is 15.8 Å². The summed E-state index contributed by atoms with van der Waals surface area (Å²) < 4.78 is 39.6. The van der Waals surface area contributed by atoms with Crippen molar-refractivity contribution in [1.29, 1.82) is 0 Å². The van der Waals surface area contributed by atoms with Crippen LogP contribution < -0.4 is 0 Å². The van der Waals surface area contributed by atoms with Gasteiger partial charge in [0.15, 0.2) is 0 Å². The molecule has 3 rings (SSSR count). The first-order valence-corrected chi connectivity index (χ1v) is 9.53. The number of nitrogens with zero attached hydrogens (tertiary/aromatic N) is 2. The van der Waals surface area contributed by atoms with Gasteiger partial charge in [0.1, 0.15) is 5.82 Å². The molecule has 2 aromatic rings. The summed E-state index contributed by atoms with van der Waals surface area (Å²) in [6.45, 7) is 2.17. The number of rotatable bonds is 3. The second-order valence-corrected chi connectivity index (χ2v) is 7.87. The van der Waals surface area contributed by atoms with Gasteiger partial charge in [0, 0.05) is 16.1 Å². The molecule has 1 heterocycles. The molecule has 0 N–H and O–H groups in total. The van der Waals surface area contributed by atoms with Gasteiger partial charge in [0.2, 0.25) is 0 Å². The lowest BCUT2D eigenvalue weighted by Gasteiger charge is -2.17. The molecule has 0 saturated carbocycles. The Morgan fingerprint density at radius 2 is 1.92 bits per heavy atom. The predicted octanol–water partition coefficient (Wildman–Crippen LogP) is 3.79. The highest BCUT2D eigenvalue weighted by Gasteiger charge is 2.28. The number of benzene rings is 2. The Balaban J connectivity index is 2.24. The van der Waals surface area contributed by atoms with E-state index in [0.717, 1.165) is 4.41 Å². The topological polar surface area (TPSA) is 49.7 Å². The number of hydrazone groups is 1. The molecule has 4 nitrogen and oxygen atoms in total. The fourth-order valence-corrected chi connectivity index (χ4v) is 4.23. The molecule has 126 valence electrons. The second kappa shape index (κ2) is 6.53. The SMILES string of the molecule is CCCN1N=C(c2ccc(F)cc2)c2cc(Cl)ccc2CS1(=O)=O. The van der Waals surface area contributed by atoms with Crippen LogP contribution in [0.25, 0.3) is 0 Å². The molecule has 0 atom stereocenters. The predicted molar refractivity (Wildman–Crippen MR) is 93.1 cm³/mol. The summed E-state index contributed by atoms with van der Waals surface area (Å²) in [6, 6.07) is 10.9. The molecule has 0 saturated heterocycles. The van der Waals surface area contributed by atoms with Crippen molar-refractivity contribution in [3.05, 3.63) is 70.0 Å². The Bertz CT molecular complexity index is 895. The quantitative estimate of drug-likeness (QED) is 0.829. The van der Waals surface area contributed by atoms with E-state index in [1.807, 2.05) is 6.92 Å². The number of fused-ring (bicyclic) bond motifs is 1. The second-order valence-electron chi connectivity index (χ2n) is 5.56. The number of hydrogen-bond acceptors (Lipinski definition) is 3. The summed E-state index contributed by atoms with van der Waals surface area (Å²) in [5, 5.41) is 4.87. The molecule has 24 heavy (non-hydrogen) atoms. The minimum Gasteiger partial charge on any atom is -0.207 e. The molecule has 7 heteroatoms. The molecule has 0 aromatic heterocycles. The van der Waals surface area contributed by atoms with E-state index in [9.17, 15) is 12.8 Å². The molecule has 1 aliphatic heterocycles. The molecule has 0 amide bonds. The lowest BCUT2D eigenvalue weighted by atomic mass is 9.98. The lowest BCUT2D eigenvalue weighted by molar-refractivity contribution is 0.430. The first-order valence-electron chi connectivity index (χ1n) is 7.54. The van der Waals surface area contributed by atoms with Crippen LogP contribution >= 0.6 is 11.6 Å². The summed E-state index contributed by atoms with van der Waals surface area (Å²) in [7, 11) is -3.57. The largest absolute Gasteiger partial charge is 0.254 e. The molecule has 1 aliphatic rings. The molecule has 0 fully saturated rings. The van der Waals surface area contributed by atoms with Gasteiger partial charge in [-0.2, -0.15) is 9.52 Å². The van der Waals surface area contributed by atoms with E-state index in [2.05, 4.69) is 5.10 Å². The van der Waals surface area contributed by atoms with Crippen molar-refractivity contribution in [2.75, 3.05) is 6.54 Å². The smallest absolute Gasteiger partial charge is 0.207 e. The Kier molecular flexibility index (Phi) is 4.60. The van der Waals surface area contributed by atoms with Crippen molar-refractivity contribution in [2.24, 2.45) is 5.10 Å². The highest BCUT2D eigenvalue weighted by Crippen LogP contribution is 2.27. The van der Waals surface area contributed by atoms with Crippen molar-refractivity contribution in [3.63, 3.8) is 0 Å². The molecule has 0 spiro atoms. The monoisotopic (exact) mass is 366 g/mol. The average Bonchev–Trinajstić information content (AvgIpc) is 2.64. The number of sulfonamides is 1. The third kappa shape index (κ3) is 3.30. The summed E-state index contributed by atoms with van der Waals surface area (Å²) >= 11 is 6.10. The molecule has 0 unspecified atom stereocenters. The third-order valence-electron chi connectivity index (χ3n) is 3.73. The highest BCUT2D eigenvalue weighted by molar-refractivity contribution is 7.88. The van der Waals surface area contributed by atoms with Crippen LogP contribution in [0.15, 0.2) is 47.6 Å². The molecule has 0 bridgehead atoms. The van der Waals surface area contributed by atoms with Crippen LogP contribution in [0.1, 0.15) is 30.0 Å². The van der Waals surface area contributed by atoms with E-state index >= 15 is 0 Å². The summed E-state index contributed by atoms with van der Waals surface area (Å²) in [5.41, 5.74) is 2.39. The van der Waals surface area contributed by atoms with Gasteiger partial charge in [-0.3, -0.25) is 0 Å². The minimum atomic E-state index is -3.57. The fourth-order valence-electron chi connectivity index (χ4n) is 2.59. The van der Waals surface area contributed by atoms with Gasteiger partial charge in [-0.15, -0.1) is 0 Å². The van der Waals surface area contributed by atoms with E-state index in [1.165, 1.54) is 12.1 Å². The molecule has 0 radical (unpaired) electrons. The molecule has 2 aromatic carbocycles. The zero-order valence-electron chi connectivity index (χ0n) is 13.0. The first kappa shape index (κ1) is 16.9. The van der Waals surface area contributed by atoms with E-state index in [1.54, 1.807) is 30.3 Å². The van der Waals surface area contributed by atoms with Gasteiger partial charge < -0.3 is 0 Å². The number of halogens is 2. The highest BCUT2D eigenvalue weighted by atomic mass is 35.5. The maximum Gasteiger partial charge on any atom is 0.254 e. The van der Waals surface area contributed by atoms with Crippen molar-refractivity contribution in [3.8, 4) is 0 Å². The summed E-state index contributed by atoms with van der Waals surface area (Å²) in [4.78, 5) is 0. The average molecular weight is 367 g/mol. The zero-order chi connectivity index (χ0) is 17.3. The van der Waals surface area contributed by atoms with Crippen molar-refractivity contribution in [1.82, 2.24) is 4.41 Å². The van der Waals surface area contributed by atoms with E-state index in [4.69, 9.17) is 11.6 Å². The maximum atomic E-state index is 13.2. The zero-order valence-corrected chi connectivity index (χ0v) is 14.6. The Morgan fingerprint density at radius 3 is 2.58 bits per heavy atom. The van der Waals surface area contributed by atoms with Crippen LogP contribution in [0.2, 0.25) is 5.02 Å². The van der Waals surface area contributed by atoms with Gasteiger partial charge >= 0.3 is 0 Å². The van der Waals surface area contributed by atoms with Crippen LogP contribution in [-0.4, -0.2) is 25.1 Å². The van der Waals surface area contributed by atoms with Gasteiger partial charge in [-0.1, -0.05) is 24.6 Å². The van der Waals surface area contributed by atoms with Gasteiger partial charge in [-0.25, -0.2) is 12.8 Å². The van der Waals surface area contributed by atoms with Gasteiger partial charge in [0.05, 0.1) is 18.0 Å². The van der Waals surface area contributed by atoms with Crippen molar-refractivity contribution >= 4 is 27.3 Å². The van der Waals surface area contributed by atoms with Crippen LogP contribution in [0.4, 0.5) is 4.39 Å². The van der Waals surface area contributed by atoms with Crippen LogP contribution in [0.3, 0.4) is 0 Å². The Labute approximate surface area is 145 Å². The number of hydrogen-bond donors (Lipinski definition) is 0. The van der Waals surface area contributed by atoms with Gasteiger partial charge in [0.25, 0.3) is 10.0 Å². The summed E-state index contributed by atoms with van der Waals surface area (Å²) in [5.74, 6) is -0.509. The van der Waals surface area contributed by atoms with Crippen LogP contribution in [0.5, 0.6) is 0 Å². The van der Waals surface area contributed by atoms with Crippen LogP contribution in [0, 0.1) is 5.82 Å². The lowest BCUT2D eigenvalue weighted by Crippen LogP contribution is -2.27. The summed E-state index contributed by atoms with van der Waals surface area (Å²) in [6.07, 6.45) is 0.635. The minimum absolute atomic E-state index is 0.145. The molecular formula is C17H16ClFN2O2S. The van der Waals surface area contributed by atoms with E-state index < -0.39 is 10.0 Å². The normalized spacial score (nSPS) is 16.3. The Morgan fingerprint density at radius 1 is 1.21 bits per heavy atom. The maximum absolute atomic E-state index is 13.2. The van der Waals surface area contributed by atoms with Gasteiger partial charge in [-0.05, 0) is 48.4 Å². The van der Waals surface area contributed by atoms with Crippen molar-refractivity contribution < 1.29 is 12.8 Å². The first-order chi connectivity index (χ1) is 11.4. The third-order valence-corrected chi connectivity index (χ3v) is 5.55. The Hall–Kier alpha value is -1.92. The van der Waals surface area contributed by atoms with Crippen molar-refractivity contribution in [2.45, 2.75) is 19.1 Å². The van der Waals surface area contributed by atoms with E-state index in [0.29, 0.717) is 33.8 Å². The molecular weight excluding hydrogens is 351 g/mol. The molecule has 0 aliphatic carbocycles.